The van der Waals surface area contributed by atoms with Crippen molar-refractivity contribution in [2.75, 3.05) is 23.8 Å². The molecule has 0 bridgehead atoms. The van der Waals surface area contributed by atoms with Gasteiger partial charge in [0.05, 0.1) is 5.69 Å². The van der Waals surface area contributed by atoms with Gasteiger partial charge in [-0.2, -0.15) is 11.8 Å². The molecule has 0 radical (unpaired) electrons. The average Bonchev–Trinajstić information content (AvgIpc) is 2.88. The Morgan fingerprint density at radius 3 is 2.86 bits per heavy atom. The van der Waals surface area contributed by atoms with Gasteiger partial charge in [0, 0.05) is 46.0 Å². The maximum atomic E-state index is 13.0. The molecular formula is C22H23N7O5S3. The van der Waals surface area contributed by atoms with Gasteiger partial charge in [0.15, 0.2) is 0 Å². The summed E-state index contributed by atoms with van der Waals surface area (Å²) in [6, 6.07) is 3.77. The number of nitroso groups, excluding NO2 is 1. The van der Waals surface area contributed by atoms with Gasteiger partial charge in [0.1, 0.15) is 22.9 Å². The number of β-lactam (4-membered cyclic amide) rings is 1. The number of hydrogen-bond donors (Lipinski definition) is 4. The van der Waals surface area contributed by atoms with E-state index in [9.17, 15) is 24.4 Å². The van der Waals surface area contributed by atoms with Gasteiger partial charge in [-0.3, -0.25) is 19.5 Å². The third kappa shape index (κ3) is 5.74. The minimum absolute atomic E-state index is 0.0509. The van der Waals surface area contributed by atoms with Gasteiger partial charge in [0.2, 0.25) is 6.04 Å². The number of carboxylic acids is 1. The number of anilines is 1. The molecule has 2 aliphatic rings. The van der Waals surface area contributed by atoms with E-state index in [1.165, 1.54) is 46.6 Å². The van der Waals surface area contributed by atoms with Gasteiger partial charge < -0.3 is 21.9 Å². The minimum Gasteiger partial charge on any atom is -0.477 e. The fraction of sp³-hybridized carbons (Fsp3) is 0.318. The maximum Gasteiger partial charge on any atom is 0.353 e. The summed E-state index contributed by atoms with van der Waals surface area (Å²) in [6.45, 7) is 0.550. The number of nitrogens with two attached hydrogens (primary N) is 2. The Kier molecular flexibility index (Phi) is 8.68. The highest BCUT2D eigenvalue weighted by atomic mass is 32.2. The standard InChI is InChI=1S/C22H23N7O5S3/c23-5-7-35-9-11-8-25-6-4-13(11)37-14-10-36-21-17(20(31)29(21)18(14)22(32)33)27-19(30)16(28-34)12-2-1-3-15(24)26-12/h1-4,6,8,16-17,21H,5,7,9-10,23H2,(H2,24,26)(H,27,30)(H,32,33). The molecule has 3 unspecified atom stereocenters. The number of nitrogens with zero attached hydrogens (tertiary/aromatic N) is 4. The second-order valence-electron chi connectivity index (χ2n) is 7.89. The maximum absolute atomic E-state index is 13.0. The molecule has 0 spiro atoms. The van der Waals surface area contributed by atoms with Crippen LogP contribution in [0.15, 0.2) is 57.3 Å². The largest absolute Gasteiger partial charge is 0.477 e. The van der Waals surface area contributed by atoms with Crippen molar-refractivity contribution in [1.29, 1.82) is 0 Å². The third-order valence-corrected chi connectivity index (χ3v) is 9.18. The van der Waals surface area contributed by atoms with Crippen LogP contribution in [0, 0.1) is 4.91 Å². The first-order chi connectivity index (χ1) is 17.8. The van der Waals surface area contributed by atoms with Crippen molar-refractivity contribution in [1.82, 2.24) is 20.2 Å². The van der Waals surface area contributed by atoms with E-state index in [-0.39, 0.29) is 17.2 Å². The van der Waals surface area contributed by atoms with E-state index in [0.717, 1.165) is 16.2 Å². The molecule has 0 aliphatic carbocycles. The number of carbonyl (C=O) groups is 3. The van der Waals surface area contributed by atoms with Crippen molar-refractivity contribution in [3.63, 3.8) is 0 Å². The predicted octanol–water partition coefficient (Wildman–Crippen LogP) is 1.55. The summed E-state index contributed by atoms with van der Waals surface area (Å²) in [5, 5.41) is 14.7. The quantitative estimate of drug-likeness (QED) is 0.176. The van der Waals surface area contributed by atoms with Crippen LogP contribution >= 0.6 is 35.3 Å². The van der Waals surface area contributed by atoms with Crippen molar-refractivity contribution in [2.45, 2.75) is 28.1 Å². The zero-order valence-electron chi connectivity index (χ0n) is 19.3. The highest BCUT2D eigenvalue weighted by Crippen LogP contribution is 2.46. The van der Waals surface area contributed by atoms with Crippen LogP contribution in [0.4, 0.5) is 5.82 Å². The molecule has 2 aliphatic heterocycles. The van der Waals surface area contributed by atoms with Crippen molar-refractivity contribution in [3.8, 4) is 0 Å². The van der Waals surface area contributed by atoms with Crippen molar-refractivity contribution >= 4 is 58.9 Å². The second-order valence-corrected chi connectivity index (χ2v) is 11.2. The van der Waals surface area contributed by atoms with Crippen LogP contribution in [0.2, 0.25) is 0 Å². The molecule has 1 fully saturated rings. The Morgan fingerprint density at radius 1 is 1.35 bits per heavy atom. The summed E-state index contributed by atoms with van der Waals surface area (Å²) in [5.74, 6) is -0.757. The zero-order chi connectivity index (χ0) is 26.5. The lowest BCUT2D eigenvalue weighted by atomic mass is 10.0. The highest BCUT2D eigenvalue weighted by molar-refractivity contribution is 8.06. The van der Waals surface area contributed by atoms with Crippen LogP contribution in [0.25, 0.3) is 0 Å². The molecule has 2 aromatic heterocycles. The molecule has 12 nitrogen and oxygen atoms in total. The molecule has 0 saturated carbocycles. The number of aromatic nitrogens is 2. The Balaban J connectivity index is 1.51. The highest BCUT2D eigenvalue weighted by Gasteiger charge is 2.54. The molecular weight excluding hydrogens is 538 g/mol. The SMILES string of the molecule is NCCSCc1cnccc1SC1=C(C(=O)O)N2C(=O)C(NC(=O)C(N=O)c3cccc(N)n3)C2SC1. The van der Waals surface area contributed by atoms with Gasteiger partial charge in [0.25, 0.3) is 11.8 Å². The zero-order valence-corrected chi connectivity index (χ0v) is 21.7. The molecule has 2 amide bonds. The van der Waals surface area contributed by atoms with E-state index in [4.69, 9.17) is 11.5 Å². The summed E-state index contributed by atoms with van der Waals surface area (Å²) in [7, 11) is 0. The smallest absolute Gasteiger partial charge is 0.353 e. The molecule has 2 aromatic rings. The monoisotopic (exact) mass is 561 g/mol. The molecule has 6 N–H and O–H groups in total. The van der Waals surface area contributed by atoms with Crippen LogP contribution in [-0.2, 0) is 20.1 Å². The van der Waals surface area contributed by atoms with Crippen LogP contribution < -0.4 is 16.8 Å². The summed E-state index contributed by atoms with van der Waals surface area (Å²) in [4.78, 5) is 60.0. The number of rotatable bonds is 11. The Hall–Kier alpha value is -3.14. The van der Waals surface area contributed by atoms with Crippen molar-refractivity contribution in [3.05, 3.63) is 63.4 Å². The first-order valence-electron chi connectivity index (χ1n) is 11.0. The second kappa shape index (κ2) is 11.9. The van der Waals surface area contributed by atoms with Crippen molar-refractivity contribution in [2.24, 2.45) is 10.9 Å². The summed E-state index contributed by atoms with van der Waals surface area (Å²) in [5.41, 5.74) is 12.1. The number of fused-ring (bicyclic) bond motifs is 1. The number of carbonyl (C=O) groups excluding carboxylic acids is 2. The average molecular weight is 562 g/mol. The summed E-state index contributed by atoms with van der Waals surface area (Å²) < 4.78 is 0. The van der Waals surface area contributed by atoms with E-state index < -0.39 is 35.2 Å². The number of nitrogens with one attached hydrogen (secondary N) is 1. The number of thioether (sulfide) groups is 3. The molecule has 0 aromatic carbocycles. The number of hydrogen-bond acceptors (Lipinski definition) is 12. The van der Waals surface area contributed by atoms with Crippen LogP contribution in [0.1, 0.15) is 17.3 Å². The first-order valence-corrected chi connectivity index (χ1v) is 14.0. The Morgan fingerprint density at radius 2 is 2.16 bits per heavy atom. The molecule has 37 heavy (non-hydrogen) atoms. The predicted molar refractivity (Wildman–Crippen MR) is 142 cm³/mol. The van der Waals surface area contributed by atoms with Gasteiger partial charge in [-0.25, -0.2) is 9.78 Å². The van der Waals surface area contributed by atoms with E-state index in [0.29, 0.717) is 23.0 Å². The molecule has 3 atom stereocenters. The van der Waals surface area contributed by atoms with E-state index >= 15 is 0 Å². The van der Waals surface area contributed by atoms with Crippen LogP contribution in [-0.4, -0.2) is 67.2 Å². The lowest BCUT2D eigenvalue weighted by molar-refractivity contribution is -0.150. The summed E-state index contributed by atoms with van der Waals surface area (Å²) >= 11 is 4.26. The summed E-state index contributed by atoms with van der Waals surface area (Å²) in [6.07, 6.45) is 3.37. The lowest BCUT2D eigenvalue weighted by Gasteiger charge is -2.49. The van der Waals surface area contributed by atoms with E-state index in [2.05, 4.69) is 20.5 Å². The molecule has 4 rings (SSSR count). The number of amides is 2. The van der Waals surface area contributed by atoms with Crippen LogP contribution in [0.3, 0.4) is 0 Å². The number of pyridine rings is 2. The first kappa shape index (κ1) is 26.9. The number of aliphatic carboxylic acids is 1. The lowest BCUT2D eigenvalue weighted by Crippen LogP contribution is -2.70. The topological polar surface area (TPSA) is 194 Å². The fourth-order valence-corrected chi connectivity index (χ4v) is 7.20. The Labute approximate surface area is 224 Å². The van der Waals surface area contributed by atoms with Crippen molar-refractivity contribution < 1.29 is 19.5 Å². The Bertz CT molecular complexity index is 1260. The van der Waals surface area contributed by atoms with Crippen LogP contribution in [0.5, 0.6) is 0 Å². The molecule has 4 heterocycles. The number of nitrogen functional groups attached to an aromatic ring is 1. The van der Waals surface area contributed by atoms with Gasteiger partial charge in [-0.1, -0.05) is 17.8 Å². The van der Waals surface area contributed by atoms with Gasteiger partial charge in [-0.15, -0.1) is 16.7 Å². The van der Waals surface area contributed by atoms with Gasteiger partial charge >= 0.3 is 5.97 Å². The normalized spacial score (nSPS) is 19.6. The van der Waals surface area contributed by atoms with E-state index in [1.54, 1.807) is 24.2 Å². The van der Waals surface area contributed by atoms with Gasteiger partial charge in [-0.05, 0) is 28.9 Å². The molecule has 1 saturated heterocycles. The van der Waals surface area contributed by atoms with E-state index in [1.807, 2.05) is 6.07 Å². The minimum atomic E-state index is -1.50. The number of carboxylic acid groups (broad SMARTS) is 1. The molecule has 194 valence electrons. The third-order valence-electron chi connectivity index (χ3n) is 5.47. The molecule has 15 heteroatoms. The fourth-order valence-electron chi connectivity index (χ4n) is 3.78.